The zero-order valence-electron chi connectivity index (χ0n) is 11.7. The lowest BCUT2D eigenvalue weighted by Gasteiger charge is -2.21. The molecule has 0 atom stereocenters. The number of nitrogens with zero attached hydrogens (tertiary/aromatic N) is 1. The predicted octanol–water partition coefficient (Wildman–Crippen LogP) is 1.74. The van der Waals surface area contributed by atoms with Crippen LogP contribution in [0, 0.1) is 0 Å². The van der Waals surface area contributed by atoms with Gasteiger partial charge in [-0.3, -0.25) is 0 Å². The molecule has 1 aromatic carbocycles. The highest BCUT2D eigenvalue weighted by molar-refractivity contribution is 5.59. The number of anilines is 1. The Labute approximate surface area is 115 Å². The summed E-state index contributed by atoms with van der Waals surface area (Å²) in [5, 5.41) is 12.3. The summed E-state index contributed by atoms with van der Waals surface area (Å²) in [5.74, 6) is 0.963. The highest BCUT2D eigenvalue weighted by Crippen LogP contribution is 2.28. The van der Waals surface area contributed by atoms with E-state index in [2.05, 4.69) is 35.3 Å². The molecule has 1 aromatic rings. The number of benzene rings is 1. The molecule has 0 aliphatic carbocycles. The van der Waals surface area contributed by atoms with Gasteiger partial charge >= 0.3 is 0 Å². The van der Waals surface area contributed by atoms with Crippen molar-refractivity contribution >= 4 is 5.69 Å². The second-order valence-electron chi connectivity index (χ2n) is 4.87. The number of nitrogens with one attached hydrogen (secondary N) is 1. The van der Waals surface area contributed by atoms with Crippen LogP contribution in [0.4, 0.5) is 5.69 Å². The van der Waals surface area contributed by atoms with Crippen LogP contribution in [0.15, 0.2) is 18.2 Å². The molecule has 2 rings (SSSR count). The standard InChI is InChI=1S/C15H24N2O2/c1-2-17(9-10-18)8-3-4-13-5-6-15-14(12-13)16-7-11-19-15/h5-6,12,16,18H,2-4,7-11H2,1H3. The van der Waals surface area contributed by atoms with Gasteiger partial charge in [-0.25, -0.2) is 0 Å². The molecule has 0 fully saturated rings. The fourth-order valence-corrected chi connectivity index (χ4v) is 2.42. The predicted molar refractivity (Wildman–Crippen MR) is 77.9 cm³/mol. The summed E-state index contributed by atoms with van der Waals surface area (Å²) < 4.78 is 5.57. The van der Waals surface area contributed by atoms with E-state index in [1.54, 1.807) is 0 Å². The molecule has 0 saturated carbocycles. The third kappa shape index (κ3) is 4.11. The van der Waals surface area contributed by atoms with Gasteiger partial charge in [-0.2, -0.15) is 0 Å². The van der Waals surface area contributed by atoms with E-state index in [0.29, 0.717) is 0 Å². The highest BCUT2D eigenvalue weighted by Gasteiger charge is 2.09. The Kier molecular flexibility index (Phi) is 5.48. The molecular weight excluding hydrogens is 240 g/mol. The second kappa shape index (κ2) is 7.36. The van der Waals surface area contributed by atoms with Crippen molar-refractivity contribution in [1.82, 2.24) is 4.90 Å². The quantitative estimate of drug-likeness (QED) is 0.787. The fraction of sp³-hybridized carbons (Fsp3) is 0.600. The van der Waals surface area contributed by atoms with Crippen LogP contribution in [0.3, 0.4) is 0 Å². The smallest absolute Gasteiger partial charge is 0.142 e. The molecule has 19 heavy (non-hydrogen) atoms. The van der Waals surface area contributed by atoms with Crippen molar-refractivity contribution in [3.8, 4) is 5.75 Å². The van der Waals surface area contributed by atoms with Gasteiger partial charge in [-0.05, 0) is 43.6 Å². The molecule has 0 bridgehead atoms. The molecule has 0 unspecified atom stereocenters. The summed E-state index contributed by atoms with van der Waals surface area (Å²) in [6.45, 7) is 6.83. The molecule has 0 radical (unpaired) electrons. The zero-order valence-corrected chi connectivity index (χ0v) is 11.7. The molecule has 1 aliphatic heterocycles. The number of likely N-dealkylation sites (N-methyl/N-ethyl adjacent to an activating group) is 1. The van der Waals surface area contributed by atoms with Crippen LogP contribution in [0.5, 0.6) is 5.75 Å². The minimum absolute atomic E-state index is 0.244. The Hall–Kier alpha value is -1.26. The van der Waals surface area contributed by atoms with Crippen LogP contribution in [0.1, 0.15) is 18.9 Å². The summed E-state index contributed by atoms with van der Waals surface area (Å²) >= 11 is 0. The number of aliphatic hydroxyl groups excluding tert-OH is 1. The van der Waals surface area contributed by atoms with Gasteiger partial charge in [0.2, 0.25) is 0 Å². The van der Waals surface area contributed by atoms with Gasteiger partial charge in [0.05, 0.1) is 12.3 Å². The van der Waals surface area contributed by atoms with Crippen molar-refractivity contribution in [2.24, 2.45) is 0 Å². The monoisotopic (exact) mass is 264 g/mol. The number of rotatable bonds is 7. The first-order chi connectivity index (χ1) is 9.33. The fourth-order valence-electron chi connectivity index (χ4n) is 2.42. The Morgan fingerprint density at radius 3 is 3.05 bits per heavy atom. The lowest BCUT2D eigenvalue weighted by Crippen LogP contribution is -2.28. The van der Waals surface area contributed by atoms with Crippen LogP contribution in [0.25, 0.3) is 0 Å². The van der Waals surface area contributed by atoms with Crippen molar-refractivity contribution in [3.05, 3.63) is 23.8 Å². The van der Waals surface area contributed by atoms with E-state index in [1.807, 2.05) is 0 Å². The summed E-state index contributed by atoms with van der Waals surface area (Å²) in [4.78, 5) is 2.28. The average molecular weight is 264 g/mol. The maximum absolute atomic E-state index is 8.95. The number of aliphatic hydroxyl groups is 1. The third-order valence-corrected chi connectivity index (χ3v) is 3.52. The van der Waals surface area contributed by atoms with Gasteiger partial charge in [-0.15, -0.1) is 0 Å². The van der Waals surface area contributed by atoms with Crippen molar-refractivity contribution in [2.45, 2.75) is 19.8 Å². The lowest BCUT2D eigenvalue weighted by molar-refractivity contribution is 0.200. The van der Waals surface area contributed by atoms with E-state index in [9.17, 15) is 0 Å². The molecule has 0 saturated heterocycles. The SMILES string of the molecule is CCN(CCO)CCCc1ccc2c(c1)NCCO2. The molecular formula is C15H24N2O2. The Morgan fingerprint density at radius 2 is 2.26 bits per heavy atom. The van der Waals surface area contributed by atoms with Crippen molar-refractivity contribution in [3.63, 3.8) is 0 Å². The van der Waals surface area contributed by atoms with Gasteiger partial charge in [0, 0.05) is 13.1 Å². The first-order valence-electron chi connectivity index (χ1n) is 7.16. The summed E-state index contributed by atoms with van der Waals surface area (Å²) in [5.41, 5.74) is 2.46. The number of hydrogen-bond donors (Lipinski definition) is 2. The molecule has 4 heteroatoms. The van der Waals surface area contributed by atoms with Crippen LogP contribution >= 0.6 is 0 Å². The highest BCUT2D eigenvalue weighted by atomic mass is 16.5. The first kappa shape index (κ1) is 14.2. The van der Waals surface area contributed by atoms with E-state index < -0.39 is 0 Å². The molecule has 2 N–H and O–H groups in total. The van der Waals surface area contributed by atoms with Crippen LogP contribution < -0.4 is 10.1 Å². The van der Waals surface area contributed by atoms with Gasteiger partial charge in [0.15, 0.2) is 0 Å². The molecule has 4 nitrogen and oxygen atoms in total. The number of fused-ring (bicyclic) bond motifs is 1. The van der Waals surface area contributed by atoms with Crippen molar-refractivity contribution in [1.29, 1.82) is 0 Å². The van der Waals surface area contributed by atoms with Crippen molar-refractivity contribution < 1.29 is 9.84 Å². The maximum atomic E-state index is 8.95. The van der Waals surface area contributed by atoms with E-state index in [0.717, 1.165) is 57.1 Å². The van der Waals surface area contributed by atoms with Crippen LogP contribution in [-0.2, 0) is 6.42 Å². The van der Waals surface area contributed by atoms with E-state index in [-0.39, 0.29) is 6.61 Å². The summed E-state index contributed by atoms with van der Waals surface area (Å²) in [6, 6.07) is 6.40. The van der Waals surface area contributed by atoms with Gasteiger partial charge in [0.1, 0.15) is 12.4 Å². The molecule has 0 amide bonds. The van der Waals surface area contributed by atoms with Crippen LogP contribution in [-0.4, -0.2) is 49.4 Å². The number of aryl methyl sites for hydroxylation is 1. The Morgan fingerprint density at radius 1 is 1.37 bits per heavy atom. The molecule has 0 aromatic heterocycles. The second-order valence-corrected chi connectivity index (χ2v) is 4.87. The number of hydrogen-bond acceptors (Lipinski definition) is 4. The zero-order chi connectivity index (χ0) is 13.5. The van der Waals surface area contributed by atoms with Gasteiger partial charge in [-0.1, -0.05) is 13.0 Å². The normalized spacial score (nSPS) is 13.8. The van der Waals surface area contributed by atoms with Gasteiger partial charge < -0.3 is 20.1 Å². The summed E-state index contributed by atoms with van der Waals surface area (Å²) in [6.07, 6.45) is 2.18. The minimum Gasteiger partial charge on any atom is -0.490 e. The molecule has 106 valence electrons. The summed E-state index contributed by atoms with van der Waals surface area (Å²) in [7, 11) is 0. The lowest BCUT2D eigenvalue weighted by atomic mass is 10.1. The largest absolute Gasteiger partial charge is 0.490 e. The maximum Gasteiger partial charge on any atom is 0.142 e. The minimum atomic E-state index is 0.244. The Balaban J connectivity index is 1.82. The van der Waals surface area contributed by atoms with E-state index in [1.165, 1.54) is 5.56 Å². The molecule has 1 heterocycles. The molecule has 1 aliphatic rings. The number of ether oxygens (including phenoxy) is 1. The van der Waals surface area contributed by atoms with E-state index >= 15 is 0 Å². The molecule has 0 spiro atoms. The van der Waals surface area contributed by atoms with Crippen LogP contribution in [0.2, 0.25) is 0 Å². The third-order valence-electron chi connectivity index (χ3n) is 3.52. The van der Waals surface area contributed by atoms with Gasteiger partial charge in [0.25, 0.3) is 0 Å². The average Bonchev–Trinajstić information content (AvgIpc) is 2.46. The van der Waals surface area contributed by atoms with E-state index in [4.69, 9.17) is 9.84 Å². The van der Waals surface area contributed by atoms with Crippen molar-refractivity contribution in [2.75, 3.05) is 44.7 Å². The first-order valence-corrected chi connectivity index (χ1v) is 7.16. The topological polar surface area (TPSA) is 44.7 Å². The Bertz CT molecular complexity index is 396.